The van der Waals surface area contributed by atoms with Crippen molar-refractivity contribution < 1.29 is 9.53 Å². The molecule has 0 radical (unpaired) electrons. The van der Waals surface area contributed by atoms with Gasteiger partial charge in [-0.2, -0.15) is 0 Å². The van der Waals surface area contributed by atoms with Gasteiger partial charge in [0.15, 0.2) is 0 Å². The highest BCUT2D eigenvalue weighted by atomic mass is 16.5. The zero-order valence-corrected chi connectivity index (χ0v) is 10.4. The Morgan fingerprint density at radius 3 is 2.53 bits per heavy atom. The third-order valence-electron chi connectivity index (χ3n) is 2.24. The van der Waals surface area contributed by atoms with E-state index in [9.17, 15) is 4.79 Å². The minimum Gasteiger partial charge on any atom is -0.380 e. The van der Waals surface area contributed by atoms with Crippen molar-refractivity contribution in [1.82, 2.24) is 9.97 Å². The molecule has 1 rings (SSSR count). The fourth-order valence-electron chi connectivity index (χ4n) is 1.43. The highest BCUT2D eigenvalue weighted by Gasteiger charge is 2.12. The van der Waals surface area contributed by atoms with Gasteiger partial charge in [0.05, 0.1) is 12.5 Å². The number of hydrogen-bond acceptors (Lipinski definition) is 5. The van der Waals surface area contributed by atoms with Gasteiger partial charge in [-0.15, -0.1) is 0 Å². The molecule has 17 heavy (non-hydrogen) atoms. The van der Waals surface area contributed by atoms with Gasteiger partial charge in [-0.1, -0.05) is 0 Å². The zero-order valence-electron chi connectivity index (χ0n) is 10.4. The van der Waals surface area contributed by atoms with Crippen molar-refractivity contribution in [3.05, 3.63) is 17.5 Å². The van der Waals surface area contributed by atoms with Crippen LogP contribution in [-0.4, -0.2) is 35.6 Å². The van der Waals surface area contributed by atoms with E-state index in [1.165, 1.54) is 7.11 Å². The van der Waals surface area contributed by atoms with Crippen molar-refractivity contribution >= 4 is 11.9 Å². The fourth-order valence-corrected chi connectivity index (χ4v) is 1.43. The number of aromatic nitrogens is 2. The molecule has 1 aromatic heterocycles. The van der Waals surface area contributed by atoms with Gasteiger partial charge < -0.3 is 10.5 Å². The summed E-state index contributed by atoms with van der Waals surface area (Å²) in [5.41, 5.74) is 7.07. The molecule has 3 N–H and O–H groups in total. The van der Waals surface area contributed by atoms with Gasteiger partial charge in [0.2, 0.25) is 11.9 Å². The SMILES string of the molecule is COC(CN)CC(=O)Nc1nc(C)cc(C)n1. The van der Waals surface area contributed by atoms with Crippen molar-refractivity contribution in [2.45, 2.75) is 26.4 Å². The fraction of sp³-hybridized carbons (Fsp3) is 0.545. The Kier molecular flexibility index (Phi) is 4.99. The first-order chi connectivity index (χ1) is 8.05. The first-order valence-corrected chi connectivity index (χ1v) is 5.40. The first kappa shape index (κ1) is 13.5. The summed E-state index contributed by atoms with van der Waals surface area (Å²) in [6, 6.07) is 1.84. The summed E-state index contributed by atoms with van der Waals surface area (Å²) < 4.78 is 5.03. The van der Waals surface area contributed by atoms with Crippen LogP contribution in [0.15, 0.2) is 6.07 Å². The molecular formula is C11H18N4O2. The topological polar surface area (TPSA) is 90.1 Å². The van der Waals surface area contributed by atoms with Gasteiger partial charge in [-0.25, -0.2) is 9.97 Å². The van der Waals surface area contributed by atoms with Gasteiger partial charge in [-0.3, -0.25) is 10.1 Å². The van der Waals surface area contributed by atoms with Gasteiger partial charge in [0.1, 0.15) is 0 Å². The molecule has 94 valence electrons. The number of rotatable bonds is 5. The monoisotopic (exact) mass is 238 g/mol. The average Bonchev–Trinajstić information content (AvgIpc) is 2.24. The molecule has 1 heterocycles. The van der Waals surface area contributed by atoms with Crippen LogP contribution in [0.25, 0.3) is 0 Å². The molecule has 1 unspecified atom stereocenters. The van der Waals surface area contributed by atoms with Gasteiger partial charge >= 0.3 is 0 Å². The minimum absolute atomic E-state index is 0.198. The molecule has 6 heteroatoms. The average molecular weight is 238 g/mol. The lowest BCUT2D eigenvalue weighted by Crippen LogP contribution is -2.28. The van der Waals surface area contributed by atoms with E-state index in [0.29, 0.717) is 12.5 Å². The van der Waals surface area contributed by atoms with Gasteiger partial charge in [0, 0.05) is 25.0 Å². The predicted molar refractivity (Wildman–Crippen MR) is 64.6 cm³/mol. The van der Waals surface area contributed by atoms with Crippen LogP contribution in [0.5, 0.6) is 0 Å². The summed E-state index contributed by atoms with van der Waals surface area (Å²) in [5.74, 6) is 0.117. The van der Waals surface area contributed by atoms with Crippen molar-refractivity contribution in [2.24, 2.45) is 5.73 Å². The second-order valence-corrected chi connectivity index (χ2v) is 3.82. The van der Waals surface area contributed by atoms with E-state index in [-0.39, 0.29) is 18.4 Å². The first-order valence-electron chi connectivity index (χ1n) is 5.40. The maximum absolute atomic E-state index is 11.6. The van der Waals surface area contributed by atoms with Gasteiger partial charge in [0.25, 0.3) is 0 Å². The van der Waals surface area contributed by atoms with Crippen molar-refractivity contribution in [1.29, 1.82) is 0 Å². The lowest BCUT2D eigenvalue weighted by atomic mass is 10.2. The van der Waals surface area contributed by atoms with Crippen molar-refractivity contribution in [3.63, 3.8) is 0 Å². The molecule has 1 atom stereocenters. The Morgan fingerprint density at radius 1 is 1.47 bits per heavy atom. The summed E-state index contributed by atoms with van der Waals surface area (Å²) in [7, 11) is 1.53. The summed E-state index contributed by atoms with van der Waals surface area (Å²) >= 11 is 0. The van der Waals surface area contributed by atoms with E-state index >= 15 is 0 Å². The quantitative estimate of drug-likeness (QED) is 0.774. The molecular weight excluding hydrogens is 220 g/mol. The largest absolute Gasteiger partial charge is 0.380 e. The molecule has 0 aliphatic carbocycles. The molecule has 1 amide bonds. The summed E-state index contributed by atoms with van der Waals surface area (Å²) in [6.45, 7) is 4.00. The molecule has 1 aromatic rings. The van der Waals surface area contributed by atoms with E-state index in [1.54, 1.807) is 0 Å². The van der Waals surface area contributed by atoms with Crippen molar-refractivity contribution in [3.8, 4) is 0 Å². The standard InChI is InChI=1S/C11H18N4O2/c1-7-4-8(2)14-11(13-7)15-10(16)5-9(6-12)17-3/h4,9H,5-6,12H2,1-3H3,(H,13,14,15,16). The Morgan fingerprint density at radius 2 is 2.06 bits per heavy atom. The van der Waals surface area contributed by atoms with Crippen LogP contribution in [-0.2, 0) is 9.53 Å². The lowest BCUT2D eigenvalue weighted by Gasteiger charge is -2.12. The van der Waals surface area contributed by atoms with Crippen LogP contribution in [0.2, 0.25) is 0 Å². The number of ether oxygens (including phenoxy) is 1. The Labute approximate surface area is 101 Å². The molecule has 0 aliphatic heterocycles. The molecule has 0 saturated carbocycles. The maximum Gasteiger partial charge on any atom is 0.229 e. The highest BCUT2D eigenvalue weighted by molar-refractivity contribution is 5.89. The maximum atomic E-state index is 11.6. The smallest absolute Gasteiger partial charge is 0.229 e. The molecule has 6 nitrogen and oxygen atoms in total. The third kappa shape index (κ3) is 4.46. The summed E-state index contributed by atoms with van der Waals surface area (Å²) in [5, 5.41) is 2.63. The highest BCUT2D eigenvalue weighted by Crippen LogP contribution is 2.05. The molecule has 0 fully saturated rings. The molecule has 0 bridgehead atoms. The number of hydrogen-bond donors (Lipinski definition) is 2. The Balaban J connectivity index is 2.61. The number of amides is 1. The minimum atomic E-state index is -0.277. The van der Waals surface area contributed by atoms with Crippen LogP contribution in [0.4, 0.5) is 5.95 Å². The summed E-state index contributed by atoms with van der Waals surface area (Å²) in [4.78, 5) is 19.9. The van der Waals surface area contributed by atoms with E-state index in [2.05, 4.69) is 15.3 Å². The Bertz CT molecular complexity index is 371. The summed E-state index contributed by atoms with van der Waals surface area (Å²) in [6.07, 6.45) is -0.0792. The third-order valence-corrected chi connectivity index (χ3v) is 2.24. The zero-order chi connectivity index (χ0) is 12.8. The van der Waals surface area contributed by atoms with Crippen LogP contribution < -0.4 is 11.1 Å². The molecule has 0 spiro atoms. The number of nitrogens with zero attached hydrogens (tertiary/aromatic N) is 2. The number of carbonyl (C=O) groups excluding carboxylic acids is 1. The van der Waals surface area contributed by atoms with Gasteiger partial charge in [-0.05, 0) is 19.9 Å². The van der Waals surface area contributed by atoms with E-state index in [0.717, 1.165) is 11.4 Å². The normalized spacial score (nSPS) is 12.2. The van der Waals surface area contributed by atoms with Crippen LogP contribution in [0.1, 0.15) is 17.8 Å². The second kappa shape index (κ2) is 6.27. The second-order valence-electron chi connectivity index (χ2n) is 3.82. The van der Waals surface area contributed by atoms with E-state index in [4.69, 9.17) is 10.5 Å². The molecule has 0 aliphatic rings. The van der Waals surface area contributed by atoms with Crippen LogP contribution in [0, 0.1) is 13.8 Å². The van der Waals surface area contributed by atoms with E-state index < -0.39 is 0 Å². The van der Waals surface area contributed by atoms with Crippen LogP contribution >= 0.6 is 0 Å². The number of carbonyl (C=O) groups is 1. The van der Waals surface area contributed by atoms with Crippen molar-refractivity contribution in [2.75, 3.05) is 19.0 Å². The number of nitrogens with one attached hydrogen (secondary N) is 1. The number of methoxy groups -OCH3 is 1. The lowest BCUT2D eigenvalue weighted by molar-refractivity contribution is -0.118. The number of anilines is 1. The molecule has 0 saturated heterocycles. The Hall–Kier alpha value is -1.53. The number of aryl methyl sites for hydroxylation is 2. The van der Waals surface area contributed by atoms with Crippen LogP contribution in [0.3, 0.4) is 0 Å². The number of nitrogens with two attached hydrogens (primary N) is 1. The predicted octanol–water partition coefficient (Wildman–Crippen LogP) is 0.396. The van der Waals surface area contributed by atoms with E-state index in [1.807, 2.05) is 19.9 Å². The molecule has 0 aromatic carbocycles.